The van der Waals surface area contributed by atoms with Crippen LogP contribution in [-0.4, -0.2) is 55.9 Å². The lowest BCUT2D eigenvalue weighted by Crippen LogP contribution is -2.42. The van der Waals surface area contributed by atoms with Crippen LogP contribution in [-0.2, 0) is 10.0 Å². The van der Waals surface area contributed by atoms with E-state index in [9.17, 15) is 13.5 Å². The van der Waals surface area contributed by atoms with Crippen molar-refractivity contribution >= 4 is 10.0 Å². The Kier molecular flexibility index (Phi) is 6.91. The lowest BCUT2D eigenvalue weighted by atomic mass is 9.85. The maximum atomic E-state index is 11.6. The highest BCUT2D eigenvalue weighted by Crippen LogP contribution is 2.28. The Labute approximate surface area is 123 Å². The molecule has 1 aliphatic rings. The number of nitrogens with zero attached hydrogens (tertiary/aromatic N) is 1. The van der Waals surface area contributed by atoms with Crippen molar-refractivity contribution in [1.82, 2.24) is 9.62 Å². The van der Waals surface area contributed by atoms with Crippen molar-refractivity contribution in [2.45, 2.75) is 51.6 Å². The van der Waals surface area contributed by atoms with Crippen LogP contribution in [0.25, 0.3) is 0 Å². The summed E-state index contributed by atoms with van der Waals surface area (Å²) in [5, 5.41) is 13.7. The zero-order chi connectivity index (χ0) is 15.2. The Morgan fingerprint density at radius 3 is 2.70 bits per heavy atom. The SMILES string of the molecule is CCCNCCC(C)(O)CC1CCCN(S(C)(=O)=O)C1. The van der Waals surface area contributed by atoms with Crippen molar-refractivity contribution in [3.8, 4) is 0 Å². The second-order valence-electron chi connectivity index (χ2n) is 6.33. The standard InChI is InChI=1S/C14H30N2O3S/c1-4-8-15-9-7-14(2,17)11-13-6-5-10-16(12-13)20(3,18)19/h13,15,17H,4-12H2,1-3H3. The molecule has 1 heterocycles. The van der Waals surface area contributed by atoms with Gasteiger partial charge in [-0.15, -0.1) is 0 Å². The van der Waals surface area contributed by atoms with Crippen molar-refractivity contribution < 1.29 is 13.5 Å². The van der Waals surface area contributed by atoms with Gasteiger partial charge < -0.3 is 10.4 Å². The van der Waals surface area contributed by atoms with Crippen LogP contribution in [0.15, 0.2) is 0 Å². The predicted molar refractivity (Wildman–Crippen MR) is 82.2 cm³/mol. The molecule has 0 aromatic heterocycles. The largest absolute Gasteiger partial charge is 0.390 e. The van der Waals surface area contributed by atoms with E-state index in [0.29, 0.717) is 25.9 Å². The summed E-state index contributed by atoms with van der Waals surface area (Å²) < 4.78 is 24.7. The first-order chi connectivity index (χ1) is 9.24. The molecule has 0 aromatic carbocycles. The van der Waals surface area contributed by atoms with E-state index in [1.165, 1.54) is 6.26 Å². The number of hydrogen-bond acceptors (Lipinski definition) is 4. The van der Waals surface area contributed by atoms with Gasteiger partial charge in [-0.2, -0.15) is 0 Å². The monoisotopic (exact) mass is 306 g/mol. The van der Waals surface area contributed by atoms with Gasteiger partial charge in [-0.25, -0.2) is 12.7 Å². The predicted octanol–water partition coefficient (Wildman–Crippen LogP) is 1.19. The molecule has 1 rings (SSSR count). The zero-order valence-electron chi connectivity index (χ0n) is 13.1. The molecular formula is C14H30N2O3S. The van der Waals surface area contributed by atoms with Gasteiger partial charge >= 0.3 is 0 Å². The topological polar surface area (TPSA) is 69.6 Å². The fourth-order valence-electron chi connectivity index (χ4n) is 2.88. The first kappa shape index (κ1) is 17.9. The van der Waals surface area contributed by atoms with Gasteiger partial charge in [0.15, 0.2) is 0 Å². The lowest BCUT2D eigenvalue weighted by Gasteiger charge is -2.35. The summed E-state index contributed by atoms with van der Waals surface area (Å²) in [5.41, 5.74) is -0.716. The van der Waals surface area contributed by atoms with E-state index in [4.69, 9.17) is 0 Å². The van der Waals surface area contributed by atoms with Crippen LogP contribution in [0, 0.1) is 5.92 Å². The van der Waals surface area contributed by atoms with E-state index in [2.05, 4.69) is 12.2 Å². The highest BCUT2D eigenvalue weighted by atomic mass is 32.2. The molecule has 0 radical (unpaired) electrons. The molecule has 2 N–H and O–H groups in total. The lowest BCUT2D eigenvalue weighted by molar-refractivity contribution is 0.0176. The summed E-state index contributed by atoms with van der Waals surface area (Å²) >= 11 is 0. The minimum absolute atomic E-state index is 0.264. The molecule has 2 atom stereocenters. The minimum Gasteiger partial charge on any atom is -0.390 e. The molecule has 0 saturated carbocycles. The van der Waals surface area contributed by atoms with Gasteiger partial charge in [-0.3, -0.25) is 0 Å². The van der Waals surface area contributed by atoms with E-state index in [-0.39, 0.29) is 5.92 Å². The van der Waals surface area contributed by atoms with E-state index in [0.717, 1.165) is 32.4 Å². The summed E-state index contributed by atoms with van der Waals surface area (Å²) in [7, 11) is -3.10. The molecule has 5 nitrogen and oxygen atoms in total. The Morgan fingerprint density at radius 2 is 2.10 bits per heavy atom. The molecule has 0 aromatic rings. The van der Waals surface area contributed by atoms with Crippen molar-refractivity contribution in [3.05, 3.63) is 0 Å². The molecule has 0 spiro atoms. The van der Waals surface area contributed by atoms with Crippen molar-refractivity contribution in [2.24, 2.45) is 5.92 Å². The van der Waals surface area contributed by atoms with Gasteiger partial charge in [0.05, 0.1) is 11.9 Å². The van der Waals surface area contributed by atoms with Crippen molar-refractivity contribution in [3.63, 3.8) is 0 Å². The van der Waals surface area contributed by atoms with Crippen LogP contribution in [0.5, 0.6) is 0 Å². The normalized spacial score (nSPS) is 24.5. The Balaban J connectivity index is 2.42. The van der Waals surface area contributed by atoms with Crippen LogP contribution in [0.3, 0.4) is 0 Å². The van der Waals surface area contributed by atoms with Crippen LogP contribution in [0.1, 0.15) is 46.0 Å². The molecule has 120 valence electrons. The number of rotatable bonds is 8. The second-order valence-corrected chi connectivity index (χ2v) is 8.31. The Hall–Kier alpha value is -0.170. The second kappa shape index (κ2) is 7.73. The first-order valence-electron chi connectivity index (χ1n) is 7.63. The Morgan fingerprint density at radius 1 is 1.40 bits per heavy atom. The zero-order valence-corrected chi connectivity index (χ0v) is 13.9. The molecule has 1 aliphatic heterocycles. The number of piperidine rings is 1. The van der Waals surface area contributed by atoms with E-state index in [1.807, 2.05) is 6.92 Å². The van der Waals surface area contributed by atoms with Gasteiger partial charge in [-0.05, 0) is 58.0 Å². The van der Waals surface area contributed by atoms with Gasteiger partial charge in [0.25, 0.3) is 0 Å². The van der Waals surface area contributed by atoms with Crippen LogP contribution >= 0.6 is 0 Å². The van der Waals surface area contributed by atoms with Crippen LogP contribution in [0.4, 0.5) is 0 Å². The van der Waals surface area contributed by atoms with Gasteiger partial charge in [-0.1, -0.05) is 6.92 Å². The molecule has 2 unspecified atom stereocenters. The van der Waals surface area contributed by atoms with E-state index < -0.39 is 15.6 Å². The van der Waals surface area contributed by atoms with Crippen LogP contribution in [0.2, 0.25) is 0 Å². The number of nitrogens with one attached hydrogen (secondary N) is 1. The first-order valence-corrected chi connectivity index (χ1v) is 9.47. The molecule has 1 saturated heterocycles. The maximum absolute atomic E-state index is 11.6. The maximum Gasteiger partial charge on any atom is 0.211 e. The van der Waals surface area contributed by atoms with Crippen molar-refractivity contribution in [1.29, 1.82) is 0 Å². The highest BCUT2D eigenvalue weighted by molar-refractivity contribution is 7.88. The average Bonchev–Trinajstić information content (AvgIpc) is 2.33. The summed E-state index contributed by atoms with van der Waals surface area (Å²) in [6, 6.07) is 0. The number of sulfonamides is 1. The van der Waals surface area contributed by atoms with E-state index >= 15 is 0 Å². The molecular weight excluding hydrogens is 276 g/mol. The summed E-state index contributed by atoms with van der Waals surface area (Å²) in [6.45, 7) is 6.94. The van der Waals surface area contributed by atoms with Crippen molar-refractivity contribution in [2.75, 3.05) is 32.4 Å². The number of aliphatic hydroxyl groups is 1. The molecule has 0 aliphatic carbocycles. The van der Waals surface area contributed by atoms with Gasteiger partial charge in [0.2, 0.25) is 10.0 Å². The Bertz CT molecular complexity index is 382. The fourth-order valence-corrected chi connectivity index (χ4v) is 3.82. The fraction of sp³-hybridized carbons (Fsp3) is 1.00. The highest BCUT2D eigenvalue weighted by Gasteiger charge is 2.31. The van der Waals surface area contributed by atoms with Gasteiger partial charge in [0, 0.05) is 13.1 Å². The molecule has 6 heteroatoms. The average molecular weight is 306 g/mol. The summed E-state index contributed by atoms with van der Waals surface area (Å²) in [4.78, 5) is 0. The molecule has 20 heavy (non-hydrogen) atoms. The third-order valence-corrected chi connectivity index (χ3v) is 5.22. The smallest absolute Gasteiger partial charge is 0.211 e. The summed E-state index contributed by atoms with van der Waals surface area (Å²) in [5.74, 6) is 0.264. The summed E-state index contributed by atoms with van der Waals surface area (Å²) in [6.07, 6.45) is 5.64. The molecule has 0 bridgehead atoms. The third-order valence-electron chi connectivity index (χ3n) is 3.95. The number of hydrogen-bond donors (Lipinski definition) is 2. The minimum atomic E-state index is -3.10. The molecule has 0 amide bonds. The third kappa shape index (κ3) is 6.52. The van der Waals surface area contributed by atoms with E-state index in [1.54, 1.807) is 4.31 Å². The molecule has 1 fully saturated rings. The quantitative estimate of drug-likeness (QED) is 0.661. The van der Waals surface area contributed by atoms with Crippen LogP contribution < -0.4 is 5.32 Å². The van der Waals surface area contributed by atoms with Gasteiger partial charge in [0.1, 0.15) is 0 Å².